The molecule has 0 unspecified atom stereocenters. The molecule has 1 heterocycles. The van der Waals surface area contributed by atoms with Crippen LogP contribution in [0, 0.1) is 0 Å². The summed E-state index contributed by atoms with van der Waals surface area (Å²) >= 11 is 3.24. The summed E-state index contributed by atoms with van der Waals surface area (Å²) in [5.41, 5.74) is 0.890. The first-order valence-electron chi connectivity index (χ1n) is 3.82. The van der Waals surface area contributed by atoms with Gasteiger partial charge in [0.05, 0.1) is 11.0 Å². The van der Waals surface area contributed by atoms with E-state index in [0.29, 0.717) is 11.0 Å². The molecule has 0 radical (unpaired) electrons. The van der Waals surface area contributed by atoms with Crippen molar-refractivity contribution in [3.8, 4) is 0 Å². The zero-order chi connectivity index (χ0) is 10.3. The Morgan fingerprint density at radius 1 is 1.50 bits per heavy atom. The van der Waals surface area contributed by atoms with E-state index in [2.05, 4.69) is 15.9 Å². The predicted octanol–water partition coefficient (Wildman–Crippen LogP) is 2.48. The van der Waals surface area contributed by atoms with Crippen LogP contribution in [-0.2, 0) is 7.05 Å². The average molecular weight is 277 g/mol. The summed E-state index contributed by atoms with van der Waals surface area (Å²) in [5.74, 6) is 0. The van der Waals surface area contributed by atoms with Gasteiger partial charge in [-0.15, -0.1) is 3.89 Å². The third kappa shape index (κ3) is 1.21. The lowest BCUT2D eigenvalue weighted by atomic mass is 10.3. The number of hydrogen-bond acceptors (Lipinski definition) is 2. The standard InChI is InChI=1S/C8H6BrFN2OS/c1-11-7-5(9)3-2-4-6(7)12(14-10)8(11)13/h2-4H,1H3. The Kier molecular flexibility index (Phi) is 2.40. The van der Waals surface area contributed by atoms with Gasteiger partial charge < -0.3 is 0 Å². The van der Waals surface area contributed by atoms with Crippen molar-refractivity contribution in [1.29, 1.82) is 0 Å². The van der Waals surface area contributed by atoms with Crippen molar-refractivity contribution >= 4 is 39.3 Å². The quantitative estimate of drug-likeness (QED) is 0.800. The summed E-state index contributed by atoms with van der Waals surface area (Å²) in [7, 11) is 1.61. The molecular formula is C8H6BrFN2OS. The number of rotatable bonds is 1. The third-order valence-corrected chi connectivity index (χ3v) is 3.18. The Morgan fingerprint density at radius 2 is 2.21 bits per heavy atom. The van der Waals surface area contributed by atoms with Crippen molar-refractivity contribution in [1.82, 2.24) is 8.54 Å². The van der Waals surface area contributed by atoms with Crippen LogP contribution in [0.4, 0.5) is 3.89 Å². The Hall–Kier alpha value is -0.750. The molecule has 14 heavy (non-hydrogen) atoms. The first-order valence-corrected chi connectivity index (χ1v) is 5.28. The summed E-state index contributed by atoms with van der Waals surface area (Å²) in [6.07, 6.45) is 0. The van der Waals surface area contributed by atoms with Crippen LogP contribution in [0.5, 0.6) is 0 Å². The molecule has 0 fully saturated rings. The van der Waals surface area contributed by atoms with Gasteiger partial charge in [-0.25, -0.2) is 8.77 Å². The van der Waals surface area contributed by atoms with E-state index in [4.69, 9.17) is 0 Å². The van der Waals surface area contributed by atoms with E-state index in [-0.39, 0.29) is 18.0 Å². The Labute approximate surface area is 92.1 Å². The number of benzene rings is 1. The first-order chi connectivity index (χ1) is 6.66. The number of aryl methyl sites for hydroxylation is 1. The van der Waals surface area contributed by atoms with Gasteiger partial charge in [0, 0.05) is 11.5 Å². The fourth-order valence-corrected chi connectivity index (χ4v) is 2.43. The van der Waals surface area contributed by atoms with Gasteiger partial charge in [-0.2, -0.15) is 0 Å². The third-order valence-electron chi connectivity index (χ3n) is 2.05. The van der Waals surface area contributed by atoms with E-state index in [9.17, 15) is 8.68 Å². The molecule has 0 saturated heterocycles. The monoisotopic (exact) mass is 276 g/mol. The molecule has 0 aliphatic carbocycles. The van der Waals surface area contributed by atoms with Crippen molar-refractivity contribution in [3.05, 3.63) is 33.2 Å². The van der Waals surface area contributed by atoms with E-state index >= 15 is 0 Å². The smallest absolute Gasteiger partial charge is 0.293 e. The maximum atomic E-state index is 12.5. The summed E-state index contributed by atoms with van der Waals surface area (Å²) in [4.78, 5) is 11.5. The zero-order valence-corrected chi connectivity index (χ0v) is 9.60. The van der Waals surface area contributed by atoms with E-state index in [1.54, 1.807) is 19.2 Å². The fraction of sp³-hybridized carbons (Fsp3) is 0.125. The second kappa shape index (κ2) is 3.43. The van der Waals surface area contributed by atoms with Crippen LogP contribution in [0.15, 0.2) is 27.5 Å². The minimum absolute atomic E-state index is 0.0831. The number of nitrogens with zero attached hydrogens (tertiary/aromatic N) is 2. The highest BCUT2D eigenvalue weighted by atomic mass is 79.9. The minimum atomic E-state index is -0.376. The second-order valence-electron chi connectivity index (χ2n) is 2.81. The lowest BCUT2D eigenvalue weighted by molar-refractivity contribution is 0.854. The summed E-state index contributed by atoms with van der Waals surface area (Å²) in [6, 6.07) is 5.28. The van der Waals surface area contributed by atoms with Gasteiger partial charge in [-0.1, -0.05) is 6.07 Å². The molecule has 74 valence electrons. The molecular weight excluding hydrogens is 271 g/mol. The number of fused-ring (bicyclic) bond motifs is 1. The van der Waals surface area contributed by atoms with Crippen LogP contribution in [0.2, 0.25) is 0 Å². The molecule has 2 aromatic rings. The van der Waals surface area contributed by atoms with Gasteiger partial charge in [-0.05, 0) is 28.1 Å². The summed E-state index contributed by atoms with van der Waals surface area (Å²) in [6.45, 7) is 0. The lowest BCUT2D eigenvalue weighted by Gasteiger charge is -1.96. The SMILES string of the molecule is Cn1c(=O)n(SF)c2cccc(Br)c21. The summed E-state index contributed by atoms with van der Waals surface area (Å²) < 4.78 is 15.7. The molecule has 0 N–H and O–H groups in total. The van der Waals surface area contributed by atoms with Crippen LogP contribution in [0.25, 0.3) is 11.0 Å². The molecule has 0 spiro atoms. The van der Waals surface area contributed by atoms with Gasteiger partial charge in [0.25, 0.3) is 0 Å². The molecule has 0 atom stereocenters. The molecule has 2 rings (SSSR count). The normalized spacial score (nSPS) is 11.1. The molecule has 1 aromatic heterocycles. The molecule has 0 aliphatic heterocycles. The molecule has 0 aliphatic rings. The topological polar surface area (TPSA) is 26.9 Å². The number of hydrogen-bond donors (Lipinski definition) is 0. The Morgan fingerprint density at radius 3 is 2.86 bits per heavy atom. The number of aromatic nitrogens is 2. The van der Waals surface area contributed by atoms with Gasteiger partial charge in [0.2, 0.25) is 0 Å². The van der Waals surface area contributed by atoms with E-state index in [1.165, 1.54) is 4.57 Å². The van der Waals surface area contributed by atoms with Crippen LogP contribution in [0.3, 0.4) is 0 Å². The number of halogens is 2. The van der Waals surface area contributed by atoms with E-state index < -0.39 is 0 Å². The van der Waals surface area contributed by atoms with Gasteiger partial charge >= 0.3 is 5.69 Å². The van der Waals surface area contributed by atoms with Crippen LogP contribution >= 0.6 is 28.3 Å². The maximum absolute atomic E-state index is 12.5. The van der Waals surface area contributed by atoms with E-state index in [0.717, 1.165) is 8.45 Å². The van der Waals surface area contributed by atoms with Crippen molar-refractivity contribution in [2.45, 2.75) is 0 Å². The molecule has 3 nitrogen and oxygen atoms in total. The van der Waals surface area contributed by atoms with Crippen LogP contribution in [-0.4, -0.2) is 8.54 Å². The molecule has 6 heteroatoms. The molecule has 1 aromatic carbocycles. The Balaban J connectivity index is 3.03. The highest BCUT2D eigenvalue weighted by Crippen LogP contribution is 2.24. The molecule has 0 amide bonds. The van der Waals surface area contributed by atoms with Gasteiger partial charge in [-0.3, -0.25) is 4.57 Å². The highest BCUT2D eigenvalue weighted by Gasteiger charge is 2.12. The number of para-hydroxylation sites is 1. The second-order valence-corrected chi connectivity index (χ2v) is 4.17. The van der Waals surface area contributed by atoms with Crippen LogP contribution in [0.1, 0.15) is 0 Å². The summed E-state index contributed by atoms with van der Waals surface area (Å²) in [5, 5.41) is 0. The van der Waals surface area contributed by atoms with Gasteiger partial charge in [0.15, 0.2) is 12.3 Å². The van der Waals surface area contributed by atoms with Crippen LogP contribution < -0.4 is 5.69 Å². The first kappa shape index (κ1) is 9.79. The zero-order valence-electron chi connectivity index (χ0n) is 7.20. The van der Waals surface area contributed by atoms with E-state index in [1.807, 2.05) is 6.07 Å². The predicted molar refractivity (Wildman–Crippen MR) is 59.0 cm³/mol. The number of imidazole rings is 1. The van der Waals surface area contributed by atoms with Crippen molar-refractivity contribution in [3.63, 3.8) is 0 Å². The minimum Gasteiger partial charge on any atom is -0.293 e. The molecule has 0 bridgehead atoms. The van der Waals surface area contributed by atoms with Gasteiger partial charge in [0.1, 0.15) is 0 Å². The van der Waals surface area contributed by atoms with Crippen molar-refractivity contribution in [2.24, 2.45) is 7.05 Å². The molecule has 0 saturated carbocycles. The largest absolute Gasteiger partial charge is 0.341 e. The van der Waals surface area contributed by atoms with Crippen molar-refractivity contribution in [2.75, 3.05) is 0 Å². The maximum Gasteiger partial charge on any atom is 0.341 e. The fourth-order valence-electron chi connectivity index (χ4n) is 1.40. The lowest BCUT2D eigenvalue weighted by Crippen LogP contribution is -2.17. The average Bonchev–Trinajstić information content (AvgIpc) is 2.41. The Bertz CT molecular complexity index is 548. The van der Waals surface area contributed by atoms with Crippen molar-refractivity contribution < 1.29 is 3.89 Å². The highest BCUT2D eigenvalue weighted by molar-refractivity contribution is 9.10.